The molecular formula is C28H31ClFN7O5S. The van der Waals surface area contributed by atoms with Crippen LogP contribution in [0.1, 0.15) is 62.2 Å². The van der Waals surface area contributed by atoms with Crippen molar-refractivity contribution in [1.82, 2.24) is 35.0 Å². The lowest BCUT2D eigenvalue weighted by molar-refractivity contribution is -0.145. The van der Waals surface area contributed by atoms with E-state index >= 15 is 0 Å². The van der Waals surface area contributed by atoms with Crippen molar-refractivity contribution in [2.24, 2.45) is 0 Å². The molecule has 0 radical (unpaired) electrons. The summed E-state index contributed by atoms with van der Waals surface area (Å²) in [4.78, 5) is 13.7. The second kappa shape index (κ2) is 12.9. The Bertz CT molecular complexity index is 1610. The fourth-order valence-electron chi connectivity index (χ4n) is 4.85. The van der Waals surface area contributed by atoms with Crippen molar-refractivity contribution < 1.29 is 28.1 Å². The molecule has 1 aliphatic heterocycles. The lowest BCUT2D eigenvalue weighted by Gasteiger charge is -2.25. The van der Waals surface area contributed by atoms with Crippen LogP contribution in [0.4, 0.5) is 4.39 Å². The minimum atomic E-state index is -0.899. The molecule has 0 aliphatic carbocycles. The van der Waals surface area contributed by atoms with Crippen molar-refractivity contribution in [3.05, 3.63) is 64.2 Å². The van der Waals surface area contributed by atoms with Crippen LogP contribution < -0.4 is 9.47 Å². The number of carbonyl (C=O) groups excluding carboxylic acids is 1. The van der Waals surface area contributed by atoms with Crippen LogP contribution in [0.2, 0.25) is 5.02 Å². The molecule has 0 saturated heterocycles. The minimum absolute atomic E-state index is 0.129. The van der Waals surface area contributed by atoms with E-state index in [9.17, 15) is 9.18 Å². The van der Waals surface area contributed by atoms with Crippen molar-refractivity contribution in [2.45, 2.75) is 62.5 Å². The number of tetrazole rings is 1. The van der Waals surface area contributed by atoms with Gasteiger partial charge in [-0.1, -0.05) is 35.5 Å². The van der Waals surface area contributed by atoms with Gasteiger partial charge in [-0.15, -0.1) is 20.4 Å². The summed E-state index contributed by atoms with van der Waals surface area (Å²) in [6, 6.07) is 10.8. The number of halogens is 2. The molecule has 12 nitrogen and oxygen atoms in total. The van der Waals surface area contributed by atoms with Gasteiger partial charge in [-0.25, -0.2) is 4.39 Å². The molecule has 15 heteroatoms. The number of para-hydroxylation sites is 1. The molecule has 0 bridgehead atoms. The van der Waals surface area contributed by atoms with Crippen LogP contribution in [0, 0.1) is 0 Å². The van der Waals surface area contributed by atoms with Gasteiger partial charge in [0.05, 0.1) is 33.1 Å². The van der Waals surface area contributed by atoms with E-state index < -0.39 is 23.6 Å². The number of alkyl halides is 1. The molecule has 2 atom stereocenters. The average molecular weight is 632 g/mol. The molecule has 0 fully saturated rings. The fraction of sp³-hybridized carbons (Fsp3) is 0.429. The van der Waals surface area contributed by atoms with E-state index in [1.165, 1.54) is 4.80 Å². The Labute approximate surface area is 256 Å². The SMILES string of the molecule is CCOC(=O)C(C)(C)Sc1nnn(CC[C@@H]2O[C@@H](c3cccc(OC)c3OC)c3cc(Cl)ccc3-n3c(CF)nnc32)n1. The van der Waals surface area contributed by atoms with Crippen molar-refractivity contribution in [3.63, 3.8) is 0 Å². The minimum Gasteiger partial charge on any atom is -0.493 e. The molecule has 1 aliphatic rings. The second-order valence-electron chi connectivity index (χ2n) is 10.0. The highest BCUT2D eigenvalue weighted by Gasteiger charge is 2.36. The molecule has 2 aromatic heterocycles. The maximum absolute atomic E-state index is 14.2. The highest BCUT2D eigenvalue weighted by Crippen LogP contribution is 2.46. The molecule has 43 heavy (non-hydrogen) atoms. The predicted molar refractivity (Wildman–Crippen MR) is 155 cm³/mol. The lowest BCUT2D eigenvalue weighted by atomic mass is 9.98. The van der Waals surface area contributed by atoms with Gasteiger partial charge in [0.2, 0.25) is 5.16 Å². The summed E-state index contributed by atoms with van der Waals surface area (Å²) in [5.41, 5.74) is 2.00. The fourth-order valence-corrected chi connectivity index (χ4v) is 5.85. The highest BCUT2D eigenvalue weighted by atomic mass is 35.5. The first-order chi connectivity index (χ1) is 20.7. The maximum atomic E-state index is 14.2. The lowest BCUT2D eigenvalue weighted by Crippen LogP contribution is -2.30. The number of fused-ring (bicyclic) bond motifs is 3. The van der Waals surface area contributed by atoms with Gasteiger partial charge in [-0.05, 0) is 50.3 Å². The summed E-state index contributed by atoms with van der Waals surface area (Å²) in [6.07, 6.45) is -1.05. The molecule has 228 valence electrons. The van der Waals surface area contributed by atoms with Gasteiger partial charge in [-0.2, -0.15) is 4.80 Å². The molecule has 0 saturated carbocycles. The molecule has 0 unspecified atom stereocenters. The Morgan fingerprint density at radius 2 is 1.95 bits per heavy atom. The van der Waals surface area contributed by atoms with E-state index in [4.69, 9.17) is 30.5 Å². The van der Waals surface area contributed by atoms with Crippen molar-refractivity contribution in [1.29, 1.82) is 0 Å². The summed E-state index contributed by atoms with van der Waals surface area (Å²) in [5, 5.41) is 21.9. The number of aromatic nitrogens is 7. The number of thioether (sulfide) groups is 1. The van der Waals surface area contributed by atoms with Crippen molar-refractivity contribution in [3.8, 4) is 17.2 Å². The highest BCUT2D eigenvalue weighted by molar-refractivity contribution is 8.01. The van der Waals surface area contributed by atoms with Gasteiger partial charge >= 0.3 is 5.97 Å². The van der Waals surface area contributed by atoms with Crippen LogP contribution >= 0.6 is 23.4 Å². The molecule has 0 N–H and O–H groups in total. The third-order valence-electron chi connectivity index (χ3n) is 6.83. The number of nitrogens with zero attached hydrogens (tertiary/aromatic N) is 7. The number of aryl methyl sites for hydroxylation is 1. The zero-order valence-corrected chi connectivity index (χ0v) is 25.9. The van der Waals surface area contributed by atoms with Gasteiger partial charge < -0.3 is 18.9 Å². The second-order valence-corrected chi connectivity index (χ2v) is 12.0. The number of carbonyl (C=O) groups is 1. The van der Waals surface area contributed by atoms with Gasteiger partial charge in [0.25, 0.3) is 0 Å². The Morgan fingerprint density at radius 1 is 1.14 bits per heavy atom. The topological polar surface area (TPSA) is 128 Å². The zero-order chi connectivity index (χ0) is 30.7. The van der Waals surface area contributed by atoms with E-state index in [0.717, 1.165) is 11.8 Å². The first-order valence-corrected chi connectivity index (χ1v) is 14.7. The Kier molecular flexibility index (Phi) is 9.18. The van der Waals surface area contributed by atoms with Crippen LogP contribution in [0.15, 0.2) is 41.6 Å². The summed E-state index contributed by atoms with van der Waals surface area (Å²) in [6.45, 7) is 4.94. The molecule has 5 rings (SSSR count). The maximum Gasteiger partial charge on any atom is 0.322 e. The normalized spacial score (nSPS) is 16.3. The Hall–Kier alpha value is -3.75. The quantitative estimate of drug-likeness (QED) is 0.162. The van der Waals surface area contributed by atoms with E-state index in [1.807, 2.05) is 12.1 Å². The Balaban J connectivity index is 1.50. The summed E-state index contributed by atoms with van der Waals surface area (Å²) in [5.74, 6) is 1.19. The summed E-state index contributed by atoms with van der Waals surface area (Å²) >= 11 is 7.62. The third-order valence-corrected chi connectivity index (χ3v) is 8.09. The van der Waals surface area contributed by atoms with E-state index in [0.29, 0.717) is 50.7 Å². The van der Waals surface area contributed by atoms with Crippen molar-refractivity contribution >= 4 is 29.3 Å². The van der Waals surface area contributed by atoms with Crippen LogP contribution in [-0.4, -0.2) is 66.5 Å². The number of benzene rings is 2. The average Bonchev–Trinajstić information content (AvgIpc) is 3.60. The van der Waals surface area contributed by atoms with Gasteiger partial charge in [0, 0.05) is 22.6 Å². The predicted octanol–water partition coefficient (Wildman–Crippen LogP) is 5.08. The monoisotopic (exact) mass is 631 g/mol. The number of ether oxygens (including phenoxy) is 4. The van der Waals surface area contributed by atoms with E-state index in [2.05, 4.69) is 25.6 Å². The molecule has 0 spiro atoms. The van der Waals surface area contributed by atoms with E-state index in [1.54, 1.807) is 63.8 Å². The number of esters is 1. The van der Waals surface area contributed by atoms with Gasteiger partial charge in [0.15, 0.2) is 23.1 Å². The molecule has 3 heterocycles. The van der Waals surface area contributed by atoms with Crippen molar-refractivity contribution in [2.75, 3.05) is 20.8 Å². The summed E-state index contributed by atoms with van der Waals surface area (Å²) in [7, 11) is 3.11. The Morgan fingerprint density at radius 3 is 2.67 bits per heavy atom. The summed E-state index contributed by atoms with van der Waals surface area (Å²) < 4.78 is 38.2. The van der Waals surface area contributed by atoms with Crippen LogP contribution in [0.3, 0.4) is 0 Å². The van der Waals surface area contributed by atoms with Crippen LogP contribution in [-0.2, 0) is 27.5 Å². The first-order valence-electron chi connectivity index (χ1n) is 13.5. The van der Waals surface area contributed by atoms with Crippen LogP contribution in [0.5, 0.6) is 11.5 Å². The number of rotatable bonds is 11. The number of hydrogen-bond acceptors (Lipinski definition) is 11. The first kappa shape index (κ1) is 30.7. The molecular weight excluding hydrogens is 601 g/mol. The van der Waals surface area contributed by atoms with Crippen LogP contribution in [0.25, 0.3) is 5.69 Å². The third kappa shape index (κ3) is 6.17. The zero-order valence-electron chi connectivity index (χ0n) is 24.3. The standard InChI is InChI=1S/C28H31ClFN7O5S/c1-6-41-26(38)28(2,3)43-27-33-35-36(34-27)13-12-21-25-32-31-22(15-30)37(25)19-11-10-16(29)14-18(19)23(42-21)17-8-7-9-20(39-4)24(17)40-5/h7-11,14,21,23H,6,12-13,15H2,1-5H3/t21-,23-/m0/s1. The molecule has 2 aromatic carbocycles. The molecule has 0 amide bonds. The van der Waals surface area contributed by atoms with Gasteiger partial charge in [0.1, 0.15) is 23.6 Å². The van der Waals surface area contributed by atoms with Gasteiger partial charge in [-0.3, -0.25) is 9.36 Å². The largest absolute Gasteiger partial charge is 0.493 e. The van der Waals surface area contributed by atoms with E-state index in [-0.39, 0.29) is 24.9 Å². The number of hydrogen-bond donors (Lipinski definition) is 0. The number of methoxy groups -OCH3 is 2. The molecule has 4 aromatic rings. The smallest absolute Gasteiger partial charge is 0.322 e.